The molecule has 0 aliphatic carbocycles. The number of hydrogen-bond acceptors (Lipinski definition) is 5. The summed E-state index contributed by atoms with van der Waals surface area (Å²) in [7, 11) is -3.56. The predicted octanol–water partition coefficient (Wildman–Crippen LogP) is 2.07. The summed E-state index contributed by atoms with van der Waals surface area (Å²) < 4.78 is 31.8. The molecule has 0 spiro atoms. The summed E-state index contributed by atoms with van der Waals surface area (Å²) >= 11 is 0. The molecule has 1 fully saturated rings. The average molecular weight is 398 g/mol. The maximum absolute atomic E-state index is 12.6. The molecule has 27 heavy (non-hydrogen) atoms. The van der Waals surface area contributed by atoms with Crippen LogP contribution in [0.4, 0.5) is 4.79 Å². The smallest absolute Gasteiger partial charge is 0.408 e. The maximum Gasteiger partial charge on any atom is 0.408 e. The number of carboxylic acids is 1. The second kappa shape index (κ2) is 9.18. The molecule has 1 aromatic rings. The fourth-order valence-corrected chi connectivity index (χ4v) is 4.44. The second-order valence-corrected chi connectivity index (χ2v) is 8.92. The summed E-state index contributed by atoms with van der Waals surface area (Å²) in [5.41, 5.74) is 0. The van der Waals surface area contributed by atoms with Crippen LogP contribution in [0.25, 0.3) is 0 Å². The molecule has 1 atom stereocenters. The third kappa shape index (κ3) is 5.93. The monoisotopic (exact) mass is 398 g/mol. The molecule has 1 unspecified atom stereocenters. The van der Waals surface area contributed by atoms with Gasteiger partial charge in [0.2, 0.25) is 10.0 Å². The van der Waals surface area contributed by atoms with Crippen molar-refractivity contribution in [3.63, 3.8) is 0 Å². The van der Waals surface area contributed by atoms with Gasteiger partial charge in [0.05, 0.1) is 4.90 Å². The van der Waals surface area contributed by atoms with Gasteiger partial charge in [-0.25, -0.2) is 18.0 Å². The predicted molar refractivity (Wildman–Crippen MR) is 98.7 cm³/mol. The third-order valence-corrected chi connectivity index (χ3v) is 6.27. The fourth-order valence-electron chi connectivity index (χ4n) is 2.95. The summed E-state index contributed by atoms with van der Waals surface area (Å²) in [6.45, 7) is 4.21. The number of nitrogens with zero attached hydrogens (tertiary/aromatic N) is 1. The minimum Gasteiger partial charge on any atom is -0.480 e. The van der Waals surface area contributed by atoms with E-state index < -0.39 is 34.2 Å². The van der Waals surface area contributed by atoms with E-state index in [-0.39, 0.29) is 23.9 Å². The van der Waals surface area contributed by atoms with Crippen molar-refractivity contribution in [2.45, 2.75) is 50.2 Å². The highest BCUT2D eigenvalue weighted by Crippen LogP contribution is 2.22. The Bertz CT molecular complexity index is 742. The molecule has 150 valence electrons. The zero-order chi connectivity index (χ0) is 20.0. The number of carbonyl (C=O) groups excluding carboxylic acids is 1. The molecule has 2 N–H and O–H groups in total. The Morgan fingerprint density at radius 2 is 1.81 bits per heavy atom. The Kier molecular flexibility index (Phi) is 7.20. The molecule has 0 saturated carbocycles. The number of carboxylic acid groups (broad SMARTS) is 1. The number of sulfonamides is 1. The van der Waals surface area contributed by atoms with E-state index in [4.69, 9.17) is 9.84 Å². The van der Waals surface area contributed by atoms with Crippen molar-refractivity contribution in [3.05, 3.63) is 30.3 Å². The van der Waals surface area contributed by atoms with Crippen LogP contribution < -0.4 is 5.32 Å². The van der Waals surface area contributed by atoms with Gasteiger partial charge in [-0.2, -0.15) is 4.31 Å². The minimum atomic E-state index is -3.56. The van der Waals surface area contributed by atoms with Gasteiger partial charge in [-0.1, -0.05) is 32.0 Å². The number of aliphatic carboxylic acids is 1. The lowest BCUT2D eigenvalue weighted by atomic mass is 10.0. The first-order valence-corrected chi connectivity index (χ1v) is 10.4. The Morgan fingerprint density at radius 3 is 2.33 bits per heavy atom. The molecule has 1 aromatic carbocycles. The van der Waals surface area contributed by atoms with E-state index in [9.17, 15) is 18.0 Å². The molecule has 8 nitrogen and oxygen atoms in total. The lowest BCUT2D eigenvalue weighted by Gasteiger charge is -2.31. The van der Waals surface area contributed by atoms with Gasteiger partial charge in [-0.05, 0) is 37.3 Å². The number of carbonyl (C=O) groups is 2. The van der Waals surface area contributed by atoms with Crippen molar-refractivity contribution >= 4 is 22.1 Å². The molecule has 1 aliphatic heterocycles. The van der Waals surface area contributed by atoms with Crippen LogP contribution in [0.3, 0.4) is 0 Å². The van der Waals surface area contributed by atoms with Crippen LogP contribution >= 0.6 is 0 Å². The number of piperidine rings is 1. The Morgan fingerprint density at radius 1 is 1.22 bits per heavy atom. The van der Waals surface area contributed by atoms with Gasteiger partial charge < -0.3 is 15.2 Å². The number of hydrogen-bond donors (Lipinski definition) is 2. The van der Waals surface area contributed by atoms with Gasteiger partial charge in [-0.3, -0.25) is 0 Å². The first-order chi connectivity index (χ1) is 12.7. The molecule has 1 saturated heterocycles. The van der Waals surface area contributed by atoms with E-state index >= 15 is 0 Å². The molecular weight excluding hydrogens is 372 g/mol. The summed E-state index contributed by atoms with van der Waals surface area (Å²) in [6.07, 6.45) is -0.200. The number of alkyl carbamates (subject to hydrolysis) is 1. The zero-order valence-corrected chi connectivity index (χ0v) is 16.3. The summed E-state index contributed by atoms with van der Waals surface area (Å²) in [6, 6.07) is 7.18. The molecule has 9 heteroatoms. The van der Waals surface area contributed by atoms with Crippen molar-refractivity contribution in [3.8, 4) is 0 Å². The number of benzene rings is 1. The Hall–Kier alpha value is -2.13. The van der Waals surface area contributed by atoms with E-state index in [2.05, 4.69) is 5.32 Å². The van der Waals surface area contributed by atoms with Crippen LogP contribution in [0.5, 0.6) is 0 Å². The highest BCUT2D eigenvalue weighted by molar-refractivity contribution is 7.89. The second-order valence-electron chi connectivity index (χ2n) is 6.99. The van der Waals surface area contributed by atoms with Crippen LogP contribution in [-0.4, -0.2) is 55.1 Å². The van der Waals surface area contributed by atoms with Crippen molar-refractivity contribution in [1.82, 2.24) is 9.62 Å². The van der Waals surface area contributed by atoms with Gasteiger partial charge in [0.1, 0.15) is 12.1 Å². The van der Waals surface area contributed by atoms with Gasteiger partial charge >= 0.3 is 12.1 Å². The van der Waals surface area contributed by atoms with Gasteiger partial charge in [0.25, 0.3) is 0 Å². The number of amides is 1. The first-order valence-electron chi connectivity index (χ1n) is 8.95. The summed E-state index contributed by atoms with van der Waals surface area (Å²) in [4.78, 5) is 23.4. The maximum atomic E-state index is 12.6. The van der Waals surface area contributed by atoms with E-state index in [1.165, 1.54) is 4.31 Å². The molecule has 0 bridgehead atoms. The number of rotatable bonds is 7. The third-order valence-electron chi connectivity index (χ3n) is 4.35. The number of nitrogens with one attached hydrogen (secondary N) is 1. The molecular formula is C18H26N2O6S. The van der Waals surface area contributed by atoms with Crippen molar-refractivity contribution in [2.75, 3.05) is 13.1 Å². The van der Waals surface area contributed by atoms with Crippen LogP contribution in [-0.2, 0) is 19.6 Å². The standard InChI is InChI=1S/C18H26N2O6S/c1-13(2)12-16(17(21)22)19-18(23)26-14-8-10-20(11-9-14)27(24,25)15-6-4-3-5-7-15/h3-7,13-14,16H,8-12H2,1-2H3,(H,19,23)(H,21,22). The van der Waals surface area contributed by atoms with Crippen LogP contribution in [0, 0.1) is 5.92 Å². The highest BCUT2D eigenvalue weighted by atomic mass is 32.2. The molecule has 2 rings (SSSR count). The molecule has 1 amide bonds. The van der Waals surface area contributed by atoms with E-state index in [1.807, 2.05) is 13.8 Å². The fraction of sp³-hybridized carbons (Fsp3) is 0.556. The zero-order valence-electron chi connectivity index (χ0n) is 15.5. The molecule has 0 radical (unpaired) electrons. The van der Waals surface area contributed by atoms with Crippen LogP contribution in [0.1, 0.15) is 33.1 Å². The molecule has 0 aromatic heterocycles. The molecule has 1 heterocycles. The quantitative estimate of drug-likeness (QED) is 0.727. The van der Waals surface area contributed by atoms with Gasteiger partial charge in [0, 0.05) is 13.1 Å². The van der Waals surface area contributed by atoms with Crippen molar-refractivity contribution in [1.29, 1.82) is 0 Å². The summed E-state index contributed by atoms with van der Waals surface area (Å²) in [5.74, 6) is -0.998. The Labute approximate surface area is 159 Å². The lowest BCUT2D eigenvalue weighted by molar-refractivity contribution is -0.139. The van der Waals surface area contributed by atoms with Crippen LogP contribution in [0.15, 0.2) is 35.2 Å². The topological polar surface area (TPSA) is 113 Å². The van der Waals surface area contributed by atoms with Gasteiger partial charge in [-0.15, -0.1) is 0 Å². The molecule has 1 aliphatic rings. The van der Waals surface area contributed by atoms with Crippen molar-refractivity contribution < 1.29 is 27.9 Å². The highest BCUT2D eigenvalue weighted by Gasteiger charge is 2.31. The Balaban J connectivity index is 1.87. The minimum absolute atomic E-state index is 0.109. The van der Waals surface area contributed by atoms with Crippen LogP contribution in [0.2, 0.25) is 0 Å². The number of ether oxygens (including phenoxy) is 1. The summed E-state index contributed by atoms with van der Waals surface area (Å²) in [5, 5.41) is 11.5. The normalized spacial score (nSPS) is 17.4. The van der Waals surface area contributed by atoms with E-state index in [1.54, 1.807) is 30.3 Å². The van der Waals surface area contributed by atoms with E-state index in [0.29, 0.717) is 19.3 Å². The lowest BCUT2D eigenvalue weighted by Crippen LogP contribution is -2.45. The van der Waals surface area contributed by atoms with E-state index in [0.717, 1.165) is 0 Å². The average Bonchev–Trinajstić information content (AvgIpc) is 2.62. The van der Waals surface area contributed by atoms with Crippen molar-refractivity contribution in [2.24, 2.45) is 5.92 Å². The first kappa shape index (κ1) is 21.2. The SMILES string of the molecule is CC(C)CC(NC(=O)OC1CCN(S(=O)(=O)c2ccccc2)CC1)C(=O)O. The largest absolute Gasteiger partial charge is 0.480 e. The van der Waals surface area contributed by atoms with Gasteiger partial charge in [0.15, 0.2) is 0 Å².